The van der Waals surface area contributed by atoms with Gasteiger partial charge in [0.15, 0.2) is 0 Å². The quantitative estimate of drug-likeness (QED) is 0.703. The van der Waals surface area contributed by atoms with E-state index in [2.05, 4.69) is 50.5 Å². The van der Waals surface area contributed by atoms with E-state index in [1.165, 1.54) is 24.9 Å². The molecule has 0 bridgehead atoms. The minimum atomic E-state index is -0.0214. The number of fused-ring (bicyclic) bond motifs is 3. The molecule has 6 rings (SSSR count). The van der Waals surface area contributed by atoms with Crippen molar-refractivity contribution in [2.45, 2.75) is 39.2 Å². The van der Waals surface area contributed by atoms with Crippen molar-refractivity contribution >= 4 is 17.1 Å². The van der Waals surface area contributed by atoms with Gasteiger partial charge < -0.3 is 9.30 Å². The van der Waals surface area contributed by atoms with Crippen LogP contribution in [0.15, 0.2) is 72.5 Å². The van der Waals surface area contributed by atoms with E-state index < -0.39 is 0 Å². The minimum absolute atomic E-state index is 0.0214. The average Bonchev–Trinajstić information content (AvgIpc) is 3.46. The van der Waals surface area contributed by atoms with Crippen molar-refractivity contribution in [2.24, 2.45) is 0 Å². The lowest BCUT2D eigenvalue weighted by atomic mass is 10.0. The van der Waals surface area contributed by atoms with Gasteiger partial charge in [-0.25, -0.2) is 4.98 Å². The molecular formula is C28H31N5O. The maximum absolute atomic E-state index is 13.5. The molecule has 1 atom stereocenters. The van der Waals surface area contributed by atoms with Crippen molar-refractivity contribution in [3.63, 3.8) is 0 Å². The number of carbonyl (C=O) groups is 1. The van der Waals surface area contributed by atoms with E-state index in [0.717, 1.165) is 59.9 Å². The highest BCUT2D eigenvalue weighted by Crippen LogP contribution is 2.29. The van der Waals surface area contributed by atoms with Gasteiger partial charge in [-0.2, -0.15) is 0 Å². The summed E-state index contributed by atoms with van der Waals surface area (Å²) in [6.45, 7) is 8.55. The van der Waals surface area contributed by atoms with Crippen LogP contribution in [-0.4, -0.2) is 62.2 Å². The third kappa shape index (κ3) is 3.72. The van der Waals surface area contributed by atoms with Crippen LogP contribution in [0.5, 0.6) is 0 Å². The fourth-order valence-electron chi connectivity index (χ4n) is 5.63. The standard InChI is InChI=1S/C28H31N5O/c1-3-21-14-23(17-32-16-20(2)29-28(21)32)22-6-4-7-24-9-10-26(19-33(24)27(34)15-22)31-13-12-30-11-5-8-25(30)18-31/h4,6-7,9-10,14-17,19,25H,3,5,8,11-13,18H2,1-2H3/b6-4+,22-15+,24-7+/t25-/m0/s1. The number of carbonyl (C=O) groups excluding carboxylic acids is 1. The van der Waals surface area contributed by atoms with Gasteiger partial charge in [0.25, 0.3) is 5.91 Å². The van der Waals surface area contributed by atoms with Crippen molar-refractivity contribution in [3.8, 4) is 0 Å². The number of allylic oxidation sites excluding steroid dienone is 6. The second-order valence-corrected chi connectivity index (χ2v) is 9.64. The highest BCUT2D eigenvalue weighted by atomic mass is 16.2. The van der Waals surface area contributed by atoms with Crippen LogP contribution in [0.2, 0.25) is 0 Å². The van der Waals surface area contributed by atoms with Crippen LogP contribution in [0.3, 0.4) is 0 Å². The summed E-state index contributed by atoms with van der Waals surface area (Å²) in [5.41, 5.74) is 7.12. The van der Waals surface area contributed by atoms with Gasteiger partial charge in [-0.15, -0.1) is 0 Å². The third-order valence-electron chi connectivity index (χ3n) is 7.44. The van der Waals surface area contributed by atoms with Gasteiger partial charge in [-0.05, 0) is 73.7 Å². The topological polar surface area (TPSA) is 44.1 Å². The first-order chi connectivity index (χ1) is 16.6. The lowest BCUT2D eigenvalue weighted by molar-refractivity contribution is -0.122. The van der Waals surface area contributed by atoms with Crippen molar-refractivity contribution in [2.75, 3.05) is 26.2 Å². The first-order valence-corrected chi connectivity index (χ1v) is 12.4. The van der Waals surface area contributed by atoms with Crippen LogP contribution in [0.4, 0.5) is 0 Å². The SMILES string of the molecule is CCc1cc(C2=C\C(=O)N3C=C(N4CCN5CCC[C@H]5C4)C=C\C3=C/C=C/2)cn2cc(C)nc12. The molecule has 0 unspecified atom stereocenters. The summed E-state index contributed by atoms with van der Waals surface area (Å²) in [6, 6.07) is 2.81. The summed E-state index contributed by atoms with van der Waals surface area (Å²) in [5, 5.41) is 0. The molecule has 2 aromatic heterocycles. The van der Waals surface area contributed by atoms with E-state index in [4.69, 9.17) is 0 Å². The van der Waals surface area contributed by atoms with Crippen molar-refractivity contribution in [1.29, 1.82) is 0 Å². The molecule has 0 aliphatic carbocycles. The average molecular weight is 454 g/mol. The molecule has 0 radical (unpaired) electrons. The number of aromatic nitrogens is 2. The van der Waals surface area contributed by atoms with E-state index in [1.807, 2.05) is 37.5 Å². The summed E-state index contributed by atoms with van der Waals surface area (Å²) in [7, 11) is 0. The Morgan fingerprint density at radius 1 is 1.09 bits per heavy atom. The zero-order valence-corrected chi connectivity index (χ0v) is 19.9. The fraction of sp³-hybridized carbons (Fsp3) is 0.357. The van der Waals surface area contributed by atoms with E-state index in [9.17, 15) is 4.79 Å². The molecule has 2 fully saturated rings. The molecule has 1 amide bonds. The summed E-state index contributed by atoms with van der Waals surface area (Å²) in [6.07, 6.45) is 21.7. The van der Waals surface area contributed by atoms with Crippen molar-refractivity contribution < 1.29 is 4.79 Å². The van der Waals surface area contributed by atoms with Gasteiger partial charge in [0.2, 0.25) is 0 Å². The first kappa shape index (κ1) is 21.2. The van der Waals surface area contributed by atoms with E-state index in [-0.39, 0.29) is 5.91 Å². The van der Waals surface area contributed by atoms with Gasteiger partial charge in [0.05, 0.1) is 11.4 Å². The Labute approximate surface area is 200 Å². The second-order valence-electron chi connectivity index (χ2n) is 9.64. The Morgan fingerprint density at radius 3 is 2.85 bits per heavy atom. The zero-order chi connectivity index (χ0) is 23.2. The Hall–Kier alpha value is -3.38. The smallest absolute Gasteiger partial charge is 0.255 e. The Morgan fingerprint density at radius 2 is 1.97 bits per heavy atom. The number of hydrogen-bond acceptors (Lipinski definition) is 4. The summed E-state index contributed by atoms with van der Waals surface area (Å²) < 4.78 is 2.08. The van der Waals surface area contributed by atoms with Crippen LogP contribution in [0.1, 0.15) is 36.6 Å². The predicted octanol–water partition coefficient (Wildman–Crippen LogP) is 4.06. The molecule has 6 nitrogen and oxygen atoms in total. The predicted molar refractivity (Wildman–Crippen MR) is 135 cm³/mol. The van der Waals surface area contributed by atoms with E-state index in [1.54, 1.807) is 11.0 Å². The highest BCUT2D eigenvalue weighted by molar-refractivity contribution is 6.00. The molecular weight excluding hydrogens is 422 g/mol. The number of pyridine rings is 1. The third-order valence-corrected chi connectivity index (χ3v) is 7.44. The molecule has 174 valence electrons. The Bertz CT molecular complexity index is 1310. The van der Waals surface area contributed by atoms with Crippen LogP contribution in [-0.2, 0) is 11.2 Å². The number of imidazole rings is 1. The van der Waals surface area contributed by atoms with Gasteiger partial charge in [-0.3, -0.25) is 14.6 Å². The Kier molecular flexibility index (Phi) is 5.26. The molecule has 4 aliphatic heterocycles. The van der Waals surface area contributed by atoms with Gasteiger partial charge >= 0.3 is 0 Å². The number of aryl methyl sites for hydroxylation is 2. The molecule has 0 N–H and O–H groups in total. The molecule has 2 aromatic rings. The maximum atomic E-state index is 13.5. The van der Waals surface area contributed by atoms with Crippen LogP contribution in [0.25, 0.3) is 11.2 Å². The molecule has 34 heavy (non-hydrogen) atoms. The lowest BCUT2D eigenvalue weighted by Crippen LogP contribution is -2.49. The van der Waals surface area contributed by atoms with Crippen molar-refractivity contribution in [3.05, 3.63) is 89.3 Å². The molecule has 0 aromatic carbocycles. The second kappa shape index (κ2) is 8.44. The fourth-order valence-corrected chi connectivity index (χ4v) is 5.63. The highest BCUT2D eigenvalue weighted by Gasteiger charge is 2.32. The largest absolute Gasteiger partial charge is 0.367 e. The van der Waals surface area contributed by atoms with Crippen LogP contribution >= 0.6 is 0 Å². The zero-order valence-electron chi connectivity index (χ0n) is 19.9. The van der Waals surface area contributed by atoms with Crippen molar-refractivity contribution in [1.82, 2.24) is 24.1 Å². The molecule has 4 aliphatic rings. The maximum Gasteiger partial charge on any atom is 0.255 e. The molecule has 0 spiro atoms. The Balaban J connectivity index is 1.32. The van der Waals surface area contributed by atoms with Crippen LogP contribution in [0, 0.1) is 6.92 Å². The van der Waals surface area contributed by atoms with Crippen LogP contribution < -0.4 is 0 Å². The number of hydrogen-bond donors (Lipinski definition) is 0. The molecule has 0 saturated carbocycles. The molecule has 6 heterocycles. The van der Waals surface area contributed by atoms with E-state index >= 15 is 0 Å². The number of nitrogens with zero attached hydrogens (tertiary/aromatic N) is 5. The normalized spacial score (nSPS) is 26.8. The number of piperazine rings is 1. The monoisotopic (exact) mass is 453 g/mol. The molecule has 6 heteroatoms. The van der Waals surface area contributed by atoms with Gasteiger partial charge in [0, 0.05) is 56.0 Å². The summed E-state index contributed by atoms with van der Waals surface area (Å²) in [4.78, 5) is 25.0. The number of amides is 1. The van der Waals surface area contributed by atoms with Gasteiger partial charge in [0.1, 0.15) is 5.65 Å². The molecule has 2 saturated heterocycles. The summed E-state index contributed by atoms with van der Waals surface area (Å²) >= 11 is 0. The minimum Gasteiger partial charge on any atom is -0.367 e. The number of rotatable bonds is 3. The lowest BCUT2D eigenvalue weighted by Gasteiger charge is -2.40. The summed E-state index contributed by atoms with van der Waals surface area (Å²) in [5.74, 6) is -0.0214. The van der Waals surface area contributed by atoms with E-state index in [0.29, 0.717) is 6.04 Å². The van der Waals surface area contributed by atoms with Gasteiger partial charge in [-0.1, -0.05) is 19.1 Å². The first-order valence-electron chi connectivity index (χ1n) is 12.4.